The molecule has 0 aliphatic carbocycles. The van der Waals surface area contributed by atoms with E-state index < -0.39 is 18.2 Å². The minimum atomic E-state index is -0.879. The van der Waals surface area contributed by atoms with Crippen LogP contribution >= 0.6 is 0 Å². The fraction of sp³-hybridized carbons (Fsp3) is 0.317. The molecule has 0 spiro atoms. The zero-order chi connectivity index (χ0) is 36.0. The number of H-pyrrole nitrogens is 1. The number of alkyl carbamates (subject to hydrolysis) is 1. The van der Waals surface area contributed by atoms with Crippen molar-refractivity contribution in [2.75, 3.05) is 33.3 Å². The number of hydrogen-bond donors (Lipinski definition) is 5. The van der Waals surface area contributed by atoms with Gasteiger partial charge in [-0.25, -0.2) is 4.79 Å². The largest absolute Gasteiger partial charge is 0.506 e. The van der Waals surface area contributed by atoms with Gasteiger partial charge in [-0.2, -0.15) is 0 Å². The van der Waals surface area contributed by atoms with E-state index in [9.17, 15) is 19.8 Å². The standard InChI is InChI=1S/C41H44N4O7/c1-50-36-20-26(10-11-30(36)22-42-23-35(47)32-12-14-34(46)40-33(32)13-15-38(48)43-40)25-51-31-9-5-8-29(21-31)39(28-6-3-2-4-7-28)44-41(49)52-37-24-45-18-16-27(37)17-19-45/h2-15,20-21,27,35,37,39,42,46-47H,16-19,22-25H2,1H3,(H,43,48)(H,44,49)/t35-,37+,39?/m1/s1. The molecule has 3 aliphatic rings. The highest BCUT2D eigenvalue weighted by Crippen LogP contribution is 2.32. The molecular weight excluding hydrogens is 660 g/mol. The van der Waals surface area contributed by atoms with Gasteiger partial charge in [-0.05, 0) is 84.4 Å². The number of phenols is 1. The molecule has 3 aliphatic heterocycles. The third kappa shape index (κ3) is 8.07. The number of amides is 1. The molecule has 11 heteroatoms. The highest BCUT2D eigenvalue weighted by molar-refractivity contribution is 5.87. The van der Waals surface area contributed by atoms with Crippen LogP contribution in [0.4, 0.5) is 4.79 Å². The second-order valence-electron chi connectivity index (χ2n) is 13.5. The number of carbonyl (C=O) groups is 1. The number of carbonyl (C=O) groups excluding carboxylic acids is 1. The molecule has 2 bridgehead atoms. The van der Waals surface area contributed by atoms with E-state index in [1.165, 1.54) is 12.1 Å². The average Bonchev–Trinajstić information content (AvgIpc) is 3.17. The Balaban J connectivity index is 0.975. The molecule has 5 aromatic rings. The van der Waals surface area contributed by atoms with Crippen LogP contribution in [0.25, 0.3) is 10.9 Å². The normalized spacial score (nSPS) is 19.2. The number of hydrogen-bond acceptors (Lipinski definition) is 9. The van der Waals surface area contributed by atoms with Crippen LogP contribution in [0.15, 0.2) is 102 Å². The smallest absolute Gasteiger partial charge is 0.408 e. The van der Waals surface area contributed by atoms with Gasteiger partial charge in [0, 0.05) is 36.7 Å². The maximum Gasteiger partial charge on any atom is 0.408 e. The van der Waals surface area contributed by atoms with Crippen molar-refractivity contribution in [1.82, 2.24) is 20.5 Å². The number of nitrogens with zero attached hydrogens (tertiary/aromatic N) is 1. The minimum absolute atomic E-state index is 0.0526. The van der Waals surface area contributed by atoms with Crippen LogP contribution in [0.2, 0.25) is 0 Å². The Bertz CT molecular complexity index is 2060. The van der Waals surface area contributed by atoms with Crippen LogP contribution in [0.5, 0.6) is 17.2 Å². The molecule has 1 aromatic heterocycles. The van der Waals surface area contributed by atoms with Crippen LogP contribution in [0, 0.1) is 5.92 Å². The van der Waals surface area contributed by atoms with Crippen molar-refractivity contribution in [3.8, 4) is 17.2 Å². The predicted molar refractivity (Wildman–Crippen MR) is 198 cm³/mol. The van der Waals surface area contributed by atoms with Crippen molar-refractivity contribution in [2.24, 2.45) is 5.92 Å². The van der Waals surface area contributed by atoms with Gasteiger partial charge < -0.3 is 40.0 Å². The summed E-state index contributed by atoms with van der Waals surface area (Å²) in [4.78, 5) is 30.0. The summed E-state index contributed by atoms with van der Waals surface area (Å²) in [6.45, 7) is 3.93. The molecule has 1 amide bonds. The lowest BCUT2D eigenvalue weighted by atomic mass is 9.86. The van der Waals surface area contributed by atoms with Gasteiger partial charge in [0.25, 0.3) is 0 Å². The molecule has 8 rings (SSSR count). The first kappa shape index (κ1) is 35.1. The van der Waals surface area contributed by atoms with E-state index in [0.717, 1.165) is 54.7 Å². The molecule has 4 heterocycles. The first-order valence-electron chi connectivity index (χ1n) is 17.7. The first-order valence-corrected chi connectivity index (χ1v) is 17.7. The molecule has 3 saturated heterocycles. The number of piperidine rings is 3. The van der Waals surface area contributed by atoms with Gasteiger partial charge in [-0.15, -0.1) is 0 Å². The van der Waals surface area contributed by atoms with E-state index in [2.05, 4.69) is 20.5 Å². The summed E-state index contributed by atoms with van der Waals surface area (Å²) < 4.78 is 17.9. The molecule has 1 unspecified atom stereocenters. The van der Waals surface area contributed by atoms with Gasteiger partial charge in [0.15, 0.2) is 0 Å². The Kier molecular flexibility index (Phi) is 10.7. The second kappa shape index (κ2) is 15.9. The number of rotatable bonds is 13. The second-order valence-corrected chi connectivity index (χ2v) is 13.5. The summed E-state index contributed by atoms with van der Waals surface area (Å²) in [5, 5.41) is 28.1. The number of aromatic nitrogens is 1. The Labute approximate surface area is 302 Å². The summed E-state index contributed by atoms with van der Waals surface area (Å²) in [7, 11) is 1.61. The number of aliphatic hydroxyl groups is 1. The highest BCUT2D eigenvalue weighted by Gasteiger charge is 2.37. The Morgan fingerprint density at radius 2 is 1.77 bits per heavy atom. The summed E-state index contributed by atoms with van der Waals surface area (Å²) >= 11 is 0. The number of phenolic OH excluding ortho intramolecular Hbond substituents is 1. The van der Waals surface area contributed by atoms with Gasteiger partial charge in [0.05, 0.1) is 24.8 Å². The van der Waals surface area contributed by atoms with Gasteiger partial charge in [0.2, 0.25) is 5.56 Å². The van der Waals surface area contributed by atoms with Crippen LogP contribution < -0.4 is 25.7 Å². The van der Waals surface area contributed by atoms with E-state index in [4.69, 9.17) is 14.2 Å². The van der Waals surface area contributed by atoms with E-state index in [0.29, 0.717) is 47.0 Å². The quantitative estimate of drug-likeness (QED) is 0.107. The number of aromatic amines is 1. The van der Waals surface area contributed by atoms with Crippen molar-refractivity contribution in [3.05, 3.63) is 135 Å². The van der Waals surface area contributed by atoms with E-state index >= 15 is 0 Å². The van der Waals surface area contributed by atoms with Crippen molar-refractivity contribution in [1.29, 1.82) is 0 Å². The monoisotopic (exact) mass is 704 g/mol. The summed E-state index contributed by atoms with van der Waals surface area (Å²) in [5.41, 5.74) is 4.20. The number of pyridine rings is 1. The summed E-state index contributed by atoms with van der Waals surface area (Å²) in [6.07, 6.45) is 0.762. The molecule has 0 saturated carbocycles. The number of fused-ring (bicyclic) bond motifs is 4. The van der Waals surface area contributed by atoms with Crippen molar-refractivity contribution >= 4 is 17.0 Å². The third-order valence-electron chi connectivity index (χ3n) is 10.1. The van der Waals surface area contributed by atoms with Gasteiger partial charge in [-0.1, -0.05) is 60.7 Å². The molecule has 0 radical (unpaired) electrons. The van der Waals surface area contributed by atoms with E-state index in [1.54, 1.807) is 19.2 Å². The SMILES string of the molecule is COc1cc(COc2cccc(C(NC(=O)O[C@H]3CN4CCC3CC4)c3ccccc3)c2)ccc1CNC[C@@H](O)c1ccc(O)c2[nH]c(=O)ccc12. The van der Waals surface area contributed by atoms with Crippen LogP contribution in [0.1, 0.15) is 52.8 Å². The molecule has 11 nitrogen and oxygen atoms in total. The number of aliphatic hydroxyl groups excluding tert-OH is 1. The Hall–Kier alpha value is -5.36. The fourth-order valence-electron chi connectivity index (χ4n) is 7.32. The topological polar surface area (TPSA) is 145 Å². The molecule has 5 N–H and O–H groups in total. The maximum atomic E-state index is 13.2. The van der Waals surface area contributed by atoms with Crippen molar-refractivity contribution in [3.63, 3.8) is 0 Å². The molecule has 270 valence electrons. The highest BCUT2D eigenvalue weighted by atomic mass is 16.6. The molecule has 52 heavy (non-hydrogen) atoms. The zero-order valence-electron chi connectivity index (χ0n) is 29.1. The van der Waals surface area contributed by atoms with Gasteiger partial charge in [-0.3, -0.25) is 9.69 Å². The number of aromatic hydroxyl groups is 1. The molecular formula is C41H44N4O7. The summed E-state index contributed by atoms with van der Waals surface area (Å²) in [5.74, 6) is 1.71. The Morgan fingerprint density at radius 3 is 2.54 bits per heavy atom. The third-order valence-corrected chi connectivity index (χ3v) is 10.1. The van der Waals surface area contributed by atoms with Crippen molar-refractivity contribution < 1.29 is 29.2 Å². The maximum absolute atomic E-state index is 13.2. The van der Waals surface area contributed by atoms with E-state index in [-0.39, 0.29) is 24.0 Å². The molecule has 3 fully saturated rings. The summed E-state index contributed by atoms with van der Waals surface area (Å²) in [6, 6.07) is 29.1. The lowest BCUT2D eigenvalue weighted by molar-refractivity contribution is -0.0336. The molecule has 4 aromatic carbocycles. The van der Waals surface area contributed by atoms with Crippen LogP contribution in [-0.2, 0) is 17.9 Å². The van der Waals surface area contributed by atoms with Gasteiger partial charge in [0.1, 0.15) is 30.0 Å². The number of nitrogens with one attached hydrogen (secondary N) is 3. The lowest BCUT2D eigenvalue weighted by Gasteiger charge is -2.43. The number of benzene rings is 4. The van der Waals surface area contributed by atoms with Crippen molar-refractivity contribution in [2.45, 2.75) is 44.2 Å². The molecule has 3 atom stereocenters. The number of ether oxygens (including phenoxy) is 3. The van der Waals surface area contributed by atoms with Gasteiger partial charge >= 0.3 is 6.09 Å². The number of methoxy groups -OCH3 is 1. The minimum Gasteiger partial charge on any atom is -0.506 e. The Morgan fingerprint density at radius 1 is 0.962 bits per heavy atom. The predicted octanol–water partition coefficient (Wildman–Crippen LogP) is 5.55. The van der Waals surface area contributed by atoms with Crippen LogP contribution in [0.3, 0.4) is 0 Å². The van der Waals surface area contributed by atoms with E-state index in [1.807, 2.05) is 72.8 Å². The first-order chi connectivity index (χ1) is 25.3. The fourth-order valence-corrected chi connectivity index (χ4v) is 7.32. The van der Waals surface area contributed by atoms with Crippen LogP contribution in [-0.4, -0.2) is 65.6 Å². The average molecular weight is 705 g/mol. The lowest BCUT2D eigenvalue weighted by Crippen LogP contribution is -2.52. The zero-order valence-corrected chi connectivity index (χ0v) is 29.1.